The van der Waals surface area contributed by atoms with Crippen molar-refractivity contribution in [3.63, 3.8) is 0 Å². The molecule has 0 aliphatic carbocycles. The molecule has 32 heavy (non-hydrogen) atoms. The van der Waals surface area contributed by atoms with Crippen LogP contribution in [0, 0.1) is 0 Å². The number of hydrogen-bond acceptors (Lipinski definition) is 6. The van der Waals surface area contributed by atoms with Gasteiger partial charge >= 0.3 is 0 Å². The lowest BCUT2D eigenvalue weighted by Crippen LogP contribution is -2.36. The summed E-state index contributed by atoms with van der Waals surface area (Å²) in [7, 11) is 3.74. The lowest BCUT2D eigenvalue weighted by Gasteiger charge is -2.34. The van der Waals surface area contributed by atoms with Gasteiger partial charge in [-0.3, -0.25) is 9.69 Å². The molecule has 7 nitrogen and oxygen atoms in total. The van der Waals surface area contributed by atoms with Crippen molar-refractivity contribution in [2.45, 2.75) is 31.6 Å². The Morgan fingerprint density at radius 1 is 1.22 bits per heavy atom. The summed E-state index contributed by atoms with van der Waals surface area (Å²) in [5, 5.41) is 12.1. The van der Waals surface area contributed by atoms with Gasteiger partial charge in [0.05, 0.1) is 18.2 Å². The fraction of sp³-hybridized carbons (Fsp3) is 0.480. The summed E-state index contributed by atoms with van der Waals surface area (Å²) in [6, 6.07) is 18.3. The van der Waals surface area contributed by atoms with Gasteiger partial charge in [-0.05, 0) is 43.2 Å². The highest BCUT2D eigenvalue weighted by Crippen LogP contribution is 2.28. The standard InChI is InChI=1S/C25H35N3O4/c1-19(29)15-26-25(30)21-9-11-22(12-10-21)27(2)24(20-7-5-4-6-8-20)17-28-14-13-23(16-28)32-18-31-3/h4-12,19,23-24,29H,13-18H2,1-3H3,(H,26,30)/t19-,23+,24-/m1/s1. The first-order valence-electron chi connectivity index (χ1n) is 11.1. The maximum Gasteiger partial charge on any atom is 0.251 e. The number of aliphatic hydroxyl groups excluding tert-OH is 1. The molecule has 1 aliphatic rings. The topological polar surface area (TPSA) is 74.3 Å². The van der Waals surface area contributed by atoms with Crippen molar-refractivity contribution >= 4 is 11.6 Å². The molecule has 1 heterocycles. The first kappa shape index (κ1) is 24.2. The Hall–Kier alpha value is -2.45. The van der Waals surface area contributed by atoms with Gasteiger partial charge < -0.3 is 24.8 Å². The maximum absolute atomic E-state index is 12.3. The van der Waals surface area contributed by atoms with E-state index in [2.05, 4.69) is 46.4 Å². The van der Waals surface area contributed by atoms with Crippen molar-refractivity contribution in [1.29, 1.82) is 0 Å². The highest BCUT2D eigenvalue weighted by Gasteiger charge is 2.27. The monoisotopic (exact) mass is 441 g/mol. The number of likely N-dealkylation sites (tertiary alicyclic amines) is 1. The van der Waals surface area contributed by atoms with E-state index >= 15 is 0 Å². The molecule has 174 valence electrons. The molecular weight excluding hydrogens is 406 g/mol. The van der Waals surface area contributed by atoms with Gasteiger partial charge in [0.25, 0.3) is 5.91 Å². The number of benzene rings is 2. The van der Waals surface area contributed by atoms with Crippen molar-refractivity contribution in [3.8, 4) is 0 Å². The van der Waals surface area contributed by atoms with Crippen LogP contribution in [-0.4, -0.2) is 75.3 Å². The zero-order chi connectivity index (χ0) is 22.9. The summed E-state index contributed by atoms with van der Waals surface area (Å²) < 4.78 is 10.8. The summed E-state index contributed by atoms with van der Waals surface area (Å²) in [6.07, 6.45) is 0.641. The average Bonchev–Trinajstić information content (AvgIpc) is 3.27. The molecule has 0 spiro atoms. The zero-order valence-corrected chi connectivity index (χ0v) is 19.2. The highest BCUT2D eigenvalue weighted by atomic mass is 16.7. The molecule has 1 amide bonds. The quantitative estimate of drug-likeness (QED) is 0.523. The number of likely N-dealkylation sites (N-methyl/N-ethyl adjacent to an activating group) is 1. The Balaban J connectivity index is 1.70. The molecule has 2 N–H and O–H groups in total. The number of rotatable bonds is 11. The van der Waals surface area contributed by atoms with Gasteiger partial charge in [0, 0.05) is 51.6 Å². The molecule has 0 saturated carbocycles. The van der Waals surface area contributed by atoms with Crippen molar-refractivity contribution in [2.75, 3.05) is 52.0 Å². The second-order valence-electron chi connectivity index (χ2n) is 8.39. The van der Waals surface area contributed by atoms with E-state index < -0.39 is 6.10 Å². The number of carbonyl (C=O) groups is 1. The molecule has 1 fully saturated rings. The fourth-order valence-corrected chi connectivity index (χ4v) is 4.00. The van der Waals surface area contributed by atoms with Gasteiger partial charge in [0.2, 0.25) is 0 Å². The van der Waals surface area contributed by atoms with Gasteiger partial charge in [-0.2, -0.15) is 0 Å². The van der Waals surface area contributed by atoms with Crippen LogP contribution in [0.25, 0.3) is 0 Å². The van der Waals surface area contributed by atoms with E-state index in [1.54, 1.807) is 14.0 Å². The van der Waals surface area contributed by atoms with Crippen molar-refractivity contribution in [3.05, 3.63) is 65.7 Å². The third kappa shape index (κ3) is 6.77. The Morgan fingerprint density at radius 3 is 2.59 bits per heavy atom. The minimum Gasteiger partial charge on any atom is -0.392 e. The van der Waals surface area contributed by atoms with Crippen LogP contribution in [0.4, 0.5) is 5.69 Å². The van der Waals surface area contributed by atoms with Crippen LogP contribution >= 0.6 is 0 Å². The van der Waals surface area contributed by atoms with E-state index in [0.717, 1.165) is 31.7 Å². The fourth-order valence-electron chi connectivity index (χ4n) is 4.00. The van der Waals surface area contributed by atoms with Crippen molar-refractivity contribution < 1.29 is 19.4 Å². The van der Waals surface area contributed by atoms with Crippen LogP contribution in [0.5, 0.6) is 0 Å². The highest BCUT2D eigenvalue weighted by molar-refractivity contribution is 5.94. The minimum absolute atomic E-state index is 0.160. The van der Waals surface area contributed by atoms with Gasteiger partial charge in [-0.1, -0.05) is 30.3 Å². The largest absolute Gasteiger partial charge is 0.392 e. The average molecular weight is 442 g/mol. The summed E-state index contributed by atoms with van der Waals surface area (Å²) in [4.78, 5) is 17.0. The van der Waals surface area contributed by atoms with E-state index in [0.29, 0.717) is 12.4 Å². The second kappa shape index (κ2) is 12.0. The molecule has 7 heteroatoms. The molecule has 3 rings (SSSR count). The summed E-state index contributed by atoms with van der Waals surface area (Å²) in [6.45, 7) is 4.98. The Morgan fingerprint density at radius 2 is 1.94 bits per heavy atom. The molecule has 1 aliphatic heterocycles. The SMILES string of the molecule is COCO[C@H]1CCN(C[C@H](c2ccccc2)N(C)c2ccc(C(=O)NC[C@@H](C)O)cc2)C1. The number of amides is 1. The first-order valence-corrected chi connectivity index (χ1v) is 11.1. The molecular formula is C25H35N3O4. The van der Waals surface area contributed by atoms with E-state index in [-0.39, 0.29) is 24.6 Å². The van der Waals surface area contributed by atoms with Crippen LogP contribution < -0.4 is 10.2 Å². The zero-order valence-electron chi connectivity index (χ0n) is 19.2. The Kier molecular flexibility index (Phi) is 9.05. The Labute approximate surface area is 190 Å². The number of methoxy groups -OCH3 is 1. The Bertz CT molecular complexity index is 829. The molecule has 0 aromatic heterocycles. The number of ether oxygens (including phenoxy) is 2. The van der Waals surface area contributed by atoms with Crippen LogP contribution in [0.3, 0.4) is 0 Å². The predicted molar refractivity (Wildman–Crippen MR) is 126 cm³/mol. The molecule has 0 unspecified atom stereocenters. The van der Waals surface area contributed by atoms with Crippen LogP contribution in [0.15, 0.2) is 54.6 Å². The number of carbonyl (C=O) groups excluding carboxylic acids is 1. The number of nitrogens with one attached hydrogen (secondary N) is 1. The lowest BCUT2D eigenvalue weighted by molar-refractivity contribution is -0.0671. The van der Waals surface area contributed by atoms with E-state index in [1.165, 1.54) is 5.56 Å². The first-order chi connectivity index (χ1) is 15.5. The predicted octanol–water partition coefficient (Wildman–Crippen LogP) is 2.67. The number of nitrogens with zero attached hydrogens (tertiary/aromatic N) is 2. The maximum atomic E-state index is 12.3. The van der Waals surface area contributed by atoms with Crippen LogP contribution in [0.1, 0.15) is 35.3 Å². The van der Waals surface area contributed by atoms with E-state index in [1.807, 2.05) is 30.3 Å². The second-order valence-corrected chi connectivity index (χ2v) is 8.39. The minimum atomic E-state index is -0.568. The molecule has 0 bridgehead atoms. The third-order valence-electron chi connectivity index (χ3n) is 5.83. The molecule has 3 atom stereocenters. The summed E-state index contributed by atoms with van der Waals surface area (Å²) in [5.41, 5.74) is 2.86. The summed E-state index contributed by atoms with van der Waals surface area (Å²) in [5.74, 6) is -0.182. The molecule has 0 radical (unpaired) electrons. The molecule has 2 aromatic rings. The smallest absolute Gasteiger partial charge is 0.251 e. The third-order valence-corrected chi connectivity index (χ3v) is 5.83. The normalized spacial score (nSPS) is 18.3. The molecule has 2 aromatic carbocycles. The van der Waals surface area contributed by atoms with Gasteiger partial charge in [0.1, 0.15) is 6.79 Å². The number of hydrogen-bond donors (Lipinski definition) is 2. The van der Waals surface area contributed by atoms with Crippen molar-refractivity contribution in [2.24, 2.45) is 0 Å². The van der Waals surface area contributed by atoms with E-state index in [4.69, 9.17) is 9.47 Å². The van der Waals surface area contributed by atoms with Crippen LogP contribution in [-0.2, 0) is 9.47 Å². The summed E-state index contributed by atoms with van der Waals surface area (Å²) >= 11 is 0. The van der Waals surface area contributed by atoms with Gasteiger partial charge in [-0.15, -0.1) is 0 Å². The number of anilines is 1. The van der Waals surface area contributed by atoms with E-state index in [9.17, 15) is 9.90 Å². The molecule has 1 saturated heterocycles. The van der Waals surface area contributed by atoms with Crippen molar-refractivity contribution in [1.82, 2.24) is 10.2 Å². The van der Waals surface area contributed by atoms with Crippen LogP contribution in [0.2, 0.25) is 0 Å². The van der Waals surface area contributed by atoms with Gasteiger partial charge in [-0.25, -0.2) is 0 Å². The number of aliphatic hydroxyl groups is 1. The van der Waals surface area contributed by atoms with Gasteiger partial charge in [0.15, 0.2) is 0 Å². The lowest BCUT2D eigenvalue weighted by atomic mass is 10.0.